The fourth-order valence-corrected chi connectivity index (χ4v) is 9.06. The first kappa shape index (κ1) is 69.8. The van der Waals surface area contributed by atoms with Crippen molar-refractivity contribution in [3.63, 3.8) is 0 Å². The Kier molecular flexibility index (Phi) is 58.7. The highest BCUT2D eigenvalue weighted by atomic mass is 16.6. The minimum Gasteiger partial charge on any atom is -0.462 e. The molecule has 0 heterocycles. The predicted octanol–water partition coefficient (Wildman–Crippen LogP) is 21.3. The molecule has 6 nitrogen and oxygen atoms in total. The summed E-state index contributed by atoms with van der Waals surface area (Å²) in [6.45, 7) is 6.51. The predicted molar refractivity (Wildman–Crippen MR) is 316 cm³/mol. The second-order valence-electron chi connectivity index (χ2n) is 21.0. The zero-order valence-electron chi connectivity index (χ0n) is 48.4. The van der Waals surface area contributed by atoms with Gasteiger partial charge in [-0.2, -0.15) is 0 Å². The smallest absolute Gasteiger partial charge is 0.306 e. The van der Waals surface area contributed by atoms with E-state index >= 15 is 0 Å². The number of carbonyl (C=O) groups excluding carboxylic acids is 3. The van der Waals surface area contributed by atoms with Gasteiger partial charge in [0.2, 0.25) is 0 Å². The van der Waals surface area contributed by atoms with Crippen LogP contribution in [0.1, 0.15) is 316 Å². The minimum atomic E-state index is -0.803. The Bertz CT molecular complexity index is 1360. The van der Waals surface area contributed by atoms with Crippen LogP contribution in [0.15, 0.2) is 72.9 Å². The summed E-state index contributed by atoms with van der Waals surface area (Å²) in [5.74, 6) is -0.964. The van der Waals surface area contributed by atoms with E-state index in [0.29, 0.717) is 19.3 Å². The molecule has 1 atom stereocenters. The molecular weight excluding hydrogens is 901 g/mol. The molecule has 0 bridgehead atoms. The summed E-state index contributed by atoms with van der Waals surface area (Å²) in [6.07, 6.45) is 79.2. The number of unbranched alkanes of at least 4 members (excludes halogenated alkanes) is 34. The van der Waals surface area contributed by atoms with Crippen LogP contribution in [0.2, 0.25) is 0 Å². The van der Waals surface area contributed by atoms with E-state index in [1.54, 1.807) is 0 Å². The zero-order chi connectivity index (χ0) is 52.9. The lowest BCUT2D eigenvalue weighted by molar-refractivity contribution is -0.166. The average Bonchev–Trinajstić information content (AvgIpc) is 3.39. The molecule has 0 aromatic heterocycles. The van der Waals surface area contributed by atoms with Crippen molar-refractivity contribution in [2.45, 2.75) is 322 Å². The van der Waals surface area contributed by atoms with Crippen LogP contribution in [0.4, 0.5) is 0 Å². The topological polar surface area (TPSA) is 78.9 Å². The first-order valence-electron chi connectivity index (χ1n) is 31.4. The molecule has 0 fully saturated rings. The highest BCUT2D eigenvalue weighted by Crippen LogP contribution is 2.17. The molecule has 0 aliphatic heterocycles. The number of rotatable bonds is 57. The molecule has 422 valence electrons. The van der Waals surface area contributed by atoms with Gasteiger partial charge in [-0.1, -0.05) is 312 Å². The highest BCUT2D eigenvalue weighted by Gasteiger charge is 2.19. The van der Waals surface area contributed by atoms with Crippen molar-refractivity contribution in [2.75, 3.05) is 13.2 Å². The van der Waals surface area contributed by atoms with E-state index in [0.717, 1.165) is 77.0 Å². The monoisotopic (exact) mass is 1020 g/mol. The molecule has 0 N–H and O–H groups in total. The van der Waals surface area contributed by atoms with E-state index in [4.69, 9.17) is 14.2 Å². The van der Waals surface area contributed by atoms with E-state index in [2.05, 4.69) is 87.6 Å². The summed E-state index contributed by atoms with van der Waals surface area (Å²) >= 11 is 0. The van der Waals surface area contributed by atoms with Gasteiger partial charge in [0.05, 0.1) is 0 Å². The Morgan fingerprint density at radius 1 is 0.288 bits per heavy atom. The van der Waals surface area contributed by atoms with Crippen molar-refractivity contribution < 1.29 is 28.6 Å². The minimum absolute atomic E-state index is 0.0942. The van der Waals surface area contributed by atoms with Crippen LogP contribution in [0.3, 0.4) is 0 Å². The molecule has 0 rings (SSSR count). The molecule has 0 aromatic rings. The van der Waals surface area contributed by atoms with Crippen LogP contribution >= 0.6 is 0 Å². The lowest BCUT2D eigenvalue weighted by Crippen LogP contribution is -2.30. The van der Waals surface area contributed by atoms with Gasteiger partial charge < -0.3 is 14.2 Å². The van der Waals surface area contributed by atoms with Gasteiger partial charge in [-0.05, 0) is 57.8 Å². The quantitative estimate of drug-likeness (QED) is 0.0261. The maximum Gasteiger partial charge on any atom is 0.306 e. The van der Waals surface area contributed by atoms with E-state index in [1.165, 1.54) is 193 Å². The molecule has 0 spiro atoms. The summed E-state index contributed by atoms with van der Waals surface area (Å²) < 4.78 is 16.9. The molecular formula is C67H118O6. The van der Waals surface area contributed by atoms with Gasteiger partial charge in [0.1, 0.15) is 13.2 Å². The summed E-state index contributed by atoms with van der Waals surface area (Å²) in [5.41, 5.74) is 0. The van der Waals surface area contributed by atoms with Crippen LogP contribution in [-0.2, 0) is 28.6 Å². The van der Waals surface area contributed by atoms with Crippen molar-refractivity contribution in [3.05, 3.63) is 72.9 Å². The third-order valence-electron chi connectivity index (χ3n) is 13.7. The van der Waals surface area contributed by atoms with Gasteiger partial charge in [-0.25, -0.2) is 0 Å². The molecule has 6 heteroatoms. The molecule has 0 unspecified atom stereocenters. The number of ether oxygens (including phenoxy) is 3. The van der Waals surface area contributed by atoms with Gasteiger partial charge in [0.25, 0.3) is 0 Å². The number of hydrogen-bond acceptors (Lipinski definition) is 6. The second kappa shape index (κ2) is 61.4. The maximum atomic E-state index is 12.9. The summed E-state index contributed by atoms with van der Waals surface area (Å²) in [6, 6.07) is 0. The lowest BCUT2D eigenvalue weighted by Gasteiger charge is -2.18. The maximum absolute atomic E-state index is 12.9. The van der Waals surface area contributed by atoms with Crippen LogP contribution in [0.25, 0.3) is 0 Å². The summed E-state index contributed by atoms with van der Waals surface area (Å²) in [4.78, 5) is 38.2. The number of esters is 3. The standard InChI is InChI=1S/C67H118O6/c1-4-7-10-13-16-19-22-25-28-30-32-33-35-37-40-43-46-49-52-55-58-61-67(70)73-64(62-71-65(68)59-56-53-50-47-44-41-38-27-24-21-18-15-12-9-6-3)63-72-66(69)60-57-54-51-48-45-42-39-36-34-31-29-26-23-20-17-14-11-8-5-2/h8,11,17,20,26,29,34,36,42,45,51,54,64H,4-7,9-10,12-16,18-19,21-25,27-28,30-33,35,37-41,43-44,46-50,52-53,55-63H2,1-3H3/b11-8-,20-17-,29-26-,36-34-,45-42-,54-51-/t64-/m0/s1. The van der Waals surface area contributed by atoms with E-state index in [-0.39, 0.29) is 37.5 Å². The van der Waals surface area contributed by atoms with E-state index < -0.39 is 6.10 Å². The molecule has 0 aliphatic carbocycles. The van der Waals surface area contributed by atoms with Crippen LogP contribution in [0, 0.1) is 0 Å². The van der Waals surface area contributed by atoms with Crippen LogP contribution in [-0.4, -0.2) is 37.2 Å². The Labute approximate surface area is 453 Å². The summed E-state index contributed by atoms with van der Waals surface area (Å²) in [7, 11) is 0. The molecule has 0 amide bonds. The van der Waals surface area contributed by atoms with E-state index in [9.17, 15) is 14.4 Å². The molecule has 73 heavy (non-hydrogen) atoms. The molecule has 0 aromatic carbocycles. The van der Waals surface area contributed by atoms with Gasteiger partial charge in [0, 0.05) is 19.3 Å². The SMILES string of the molecule is CC/C=C\C/C=C\C/C=C\C/C=C\C/C=C\C/C=C\CCC(=O)OC[C@H](COC(=O)CCCCCCCCCCCCCCCCC)OC(=O)CCCCCCCCCCCCCCCCCCCCCCC. The lowest BCUT2D eigenvalue weighted by atomic mass is 10.0. The second-order valence-corrected chi connectivity index (χ2v) is 21.0. The largest absolute Gasteiger partial charge is 0.462 e. The Hall–Kier alpha value is -3.15. The highest BCUT2D eigenvalue weighted by molar-refractivity contribution is 5.71. The Morgan fingerprint density at radius 3 is 0.836 bits per heavy atom. The van der Waals surface area contributed by atoms with Gasteiger partial charge >= 0.3 is 17.9 Å². The van der Waals surface area contributed by atoms with Crippen LogP contribution in [0.5, 0.6) is 0 Å². The Morgan fingerprint density at radius 2 is 0.534 bits per heavy atom. The molecule has 0 radical (unpaired) electrons. The van der Waals surface area contributed by atoms with Crippen LogP contribution < -0.4 is 0 Å². The Balaban J connectivity index is 4.42. The van der Waals surface area contributed by atoms with Crippen molar-refractivity contribution in [3.8, 4) is 0 Å². The number of carbonyl (C=O) groups is 3. The molecule has 0 aliphatic rings. The number of hydrogen-bond donors (Lipinski definition) is 0. The fourth-order valence-electron chi connectivity index (χ4n) is 9.06. The van der Waals surface area contributed by atoms with Crippen molar-refractivity contribution in [1.82, 2.24) is 0 Å². The van der Waals surface area contributed by atoms with Crippen molar-refractivity contribution in [2.24, 2.45) is 0 Å². The molecule has 0 saturated carbocycles. The third-order valence-corrected chi connectivity index (χ3v) is 13.7. The fraction of sp³-hybridized carbons (Fsp3) is 0.776. The normalized spacial score (nSPS) is 12.5. The zero-order valence-corrected chi connectivity index (χ0v) is 48.4. The molecule has 0 saturated heterocycles. The third kappa shape index (κ3) is 59.6. The van der Waals surface area contributed by atoms with Crippen molar-refractivity contribution >= 4 is 17.9 Å². The van der Waals surface area contributed by atoms with Gasteiger partial charge in [-0.3, -0.25) is 14.4 Å². The average molecular weight is 1020 g/mol. The first-order valence-corrected chi connectivity index (χ1v) is 31.4. The van der Waals surface area contributed by atoms with Crippen molar-refractivity contribution in [1.29, 1.82) is 0 Å². The first-order chi connectivity index (χ1) is 36.0. The van der Waals surface area contributed by atoms with Gasteiger partial charge in [-0.15, -0.1) is 0 Å². The van der Waals surface area contributed by atoms with E-state index in [1.807, 2.05) is 6.08 Å². The summed E-state index contributed by atoms with van der Waals surface area (Å²) in [5, 5.41) is 0. The number of allylic oxidation sites excluding steroid dienone is 12. The van der Waals surface area contributed by atoms with Gasteiger partial charge in [0.15, 0.2) is 6.10 Å².